The fraction of sp³-hybridized carbons (Fsp3) is 0.500. The number of hydrogen-bond acceptors (Lipinski definition) is 4. The minimum Gasteiger partial charge on any atom is -0.490 e. The Labute approximate surface area is 122 Å². The number of aldehydes is 1. The molecule has 1 aromatic carbocycles. The smallest absolute Gasteiger partial charge is 0.175 e. The molecule has 0 atom stereocenters. The zero-order valence-corrected chi connectivity index (χ0v) is 12.9. The number of ether oxygens (including phenoxy) is 3. The number of carbonyl (C=O) groups is 1. The summed E-state index contributed by atoms with van der Waals surface area (Å²) in [5.74, 6) is 1.21. The fourth-order valence-corrected chi connectivity index (χ4v) is 2.11. The van der Waals surface area contributed by atoms with E-state index in [1.165, 1.54) is 0 Å². The molecule has 106 valence electrons. The number of rotatable bonds is 9. The summed E-state index contributed by atoms with van der Waals surface area (Å²) >= 11 is 3.40. The van der Waals surface area contributed by atoms with Crippen LogP contribution in [0.15, 0.2) is 16.6 Å². The summed E-state index contributed by atoms with van der Waals surface area (Å²) in [5.41, 5.74) is 0.553. The van der Waals surface area contributed by atoms with E-state index in [2.05, 4.69) is 15.9 Å². The highest BCUT2D eigenvalue weighted by Crippen LogP contribution is 2.36. The molecule has 19 heavy (non-hydrogen) atoms. The van der Waals surface area contributed by atoms with Crippen molar-refractivity contribution in [3.8, 4) is 11.5 Å². The number of hydrogen-bond donors (Lipinski definition) is 0. The second kappa shape index (κ2) is 8.93. The minimum absolute atomic E-state index is 0.518. The lowest BCUT2D eigenvalue weighted by Crippen LogP contribution is -2.05. The van der Waals surface area contributed by atoms with Crippen molar-refractivity contribution in [1.29, 1.82) is 0 Å². The highest BCUT2D eigenvalue weighted by Gasteiger charge is 2.12. The Morgan fingerprint density at radius 2 is 1.95 bits per heavy atom. The van der Waals surface area contributed by atoms with E-state index in [1.54, 1.807) is 12.1 Å². The SMILES string of the molecule is CCOCCCOc1c(Br)cc(C=O)cc1OCC. The lowest BCUT2D eigenvalue weighted by Gasteiger charge is -2.14. The van der Waals surface area contributed by atoms with Gasteiger partial charge in [-0.25, -0.2) is 0 Å². The summed E-state index contributed by atoms with van der Waals surface area (Å²) in [7, 11) is 0. The molecule has 0 spiro atoms. The molecule has 0 unspecified atom stereocenters. The van der Waals surface area contributed by atoms with Crippen LogP contribution in [0.1, 0.15) is 30.6 Å². The maximum absolute atomic E-state index is 10.8. The molecule has 1 aromatic rings. The highest BCUT2D eigenvalue weighted by molar-refractivity contribution is 9.10. The Balaban J connectivity index is 2.71. The number of benzene rings is 1. The van der Waals surface area contributed by atoms with Gasteiger partial charge in [0.2, 0.25) is 0 Å². The molecule has 1 rings (SSSR count). The molecule has 0 radical (unpaired) electrons. The van der Waals surface area contributed by atoms with Crippen LogP contribution in [0.4, 0.5) is 0 Å². The van der Waals surface area contributed by atoms with Crippen LogP contribution in [-0.2, 0) is 4.74 Å². The first-order valence-electron chi connectivity index (χ1n) is 6.35. The molecule has 0 saturated heterocycles. The highest BCUT2D eigenvalue weighted by atomic mass is 79.9. The zero-order valence-electron chi connectivity index (χ0n) is 11.3. The van der Waals surface area contributed by atoms with Crippen LogP contribution in [0.3, 0.4) is 0 Å². The molecule has 0 bridgehead atoms. The molecule has 5 heteroatoms. The van der Waals surface area contributed by atoms with Crippen LogP contribution < -0.4 is 9.47 Å². The van der Waals surface area contributed by atoms with Crippen molar-refractivity contribution in [3.63, 3.8) is 0 Å². The van der Waals surface area contributed by atoms with Gasteiger partial charge in [0.05, 0.1) is 17.7 Å². The van der Waals surface area contributed by atoms with Gasteiger partial charge in [-0.1, -0.05) is 0 Å². The van der Waals surface area contributed by atoms with Crippen molar-refractivity contribution >= 4 is 22.2 Å². The van der Waals surface area contributed by atoms with E-state index in [4.69, 9.17) is 14.2 Å². The van der Waals surface area contributed by atoms with Crippen molar-refractivity contribution < 1.29 is 19.0 Å². The summed E-state index contributed by atoms with van der Waals surface area (Å²) in [6, 6.07) is 3.40. The summed E-state index contributed by atoms with van der Waals surface area (Å²) in [6.07, 6.45) is 1.59. The van der Waals surface area contributed by atoms with E-state index in [-0.39, 0.29) is 0 Å². The van der Waals surface area contributed by atoms with E-state index in [0.29, 0.717) is 43.5 Å². The largest absolute Gasteiger partial charge is 0.490 e. The second-order valence-corrected chi connectivity index (χ2v) is 4.63. The van der Waals surface area contributed by atoms with E-state index in [9.17, 15) is 4.79 Å². The molecular weight excluding hydrogens is 312 g/mol. The molecule has 0 aromatic heterocycles. The van der Waals surface area contributed by atoms with Gasteiger partial charge in [0.25, 0.3) is 0 Å². The standard InChI is InChI=1S/C14H19BrO4/c1-3-17-6-5-7-19-14-12(15)8-11(10-16)9-13(14)18-4-2/h8-10H,3-7H2,1-2H3. The van der Waals surface area contributed by atoms with Crippen molar-refractivity contribution in [1.82, 2.24) is 0 Å². The topological polar surface area (TPSA) is 44.8 Å². The van der Waals surface area contributed by atoms with Crippen LogP contribution in [0.2, 0.25) is 0 Å². The second-order valence-electron chi connectivity index (χ2n) is 3.78. The maximum Gasteiger partial charge on any atom is 0.175 e. The lowest BCUT2D eigenvalue weighted by molar-refractivity contribution is 0.112. The summed E-state index contributed by atoms with van der Waals surface area (Å²) in [6.45, 7) is 6.29. The first kappa shape index (κ1) is 16.0. The summed E-state index contributed by atoms with van der Waals surface area (Å²) in [4.78, 5) is 10.8. The number of carbonyl (C=O) groups excluding carboxylic acids is 1. The third-order valence-electron chi connectivity index (χ3n) is 2.35. The summed E-state index contributed by atoms with van der Waals surface area (Å²) < 4.78 is 17.2. The van der Waals surface area contributed by atoms with E-state index in [0.717, 1.165) is 17.2 Å². The predicted octanol–water partition coefficient (Wildman–Crippen LogP) is 3.47. The molecule has 0 N–H and O–H groups in total. The van der Waals surface area contributed by atoms with Gasteiger partial charge in [-0.2, -0.15) is 0 Å². The van der Waals surface area contributed by atoms with Gasteiger partial charge < -0.3 is 14.2 Å². The third-order valence-corrected chi connectivity index (χ3v) is 2.94. The quantitative estimate of drug-likeness (QED) is 0.513. The van der Waals surface area contributed by atoms with E-state index in [1.807, 2.05) is 13.8 Å². The fourth-order valence-electron chi connectivity index (χ4n) is 1.54. The van der Waals surface area contributed by atoms with Gasteiger partial charge in [0.15, 0.2) is 11.5 Å². The maximum atomic E-state index is 10.8. The van der Waals surface area contributed by atoms with Crippen molar-refractivity contribution in [2.75, 3.05) is 26.4 Å². The van der Waals surface area contributed by atoms with Crippen molar-refractivity contribution in [2.24, 2.45) is 0 Å². The van der Waals surface area contributed by atoms with Gasteiger partial charge in [-0.3, -0.25) is 4.79 Å². The number of halogens is 1. The Bertz CT molecular complexity index is 407. The van der Waals surface area contributed by atoms with Gasteiger partial charge in [-0.15, -0.1) is 0 Å². The van der Waals surface area contributed by atoms with Crippen LogP contribution in [0.25, 0.3) is 0 Å². The normalized spacial score (nSPS) is 10.3. The molecule has 0 saturated carbocycles. The molecule has 0 aliphatic heterocycles. The average Bonchev–Trinajstić information content (AvgIpc) is 2.41. The molecule has 0 fully saturated rings. The van der Waals surface area contributed by atoms with Gasteiger partial charge >= 0.3 is 0 Å². The average molecular weight is 331 g/mol. The van der Waals surface area contributed by atoms with Crippen LogP contribution in [0, 0.1) is 0 Å². The predicted molar refractivity (Wildman–Crippen MR) is 77.3 cm³/mol. The molecule has 0 aliphatic carbocycles. The lowest BCUT2D eigenvalue weighted by atomic mass is 10.2. The molecule has 0 aliphatic rings. The van der Waals surface area contributed by atoms with Gasteiger partial charge in [-0.05, 0) is 41.9 Å². The molecule has 0 heterocycles. The van der Waals surface area contributed by atoms with E-state index >= 15 is 0 Å². The molecule has 4 nitrogen and oxygen atoms in total. The summed E-state index contributed by atoms with van der Waals surface area (Å²) in [5, 5.41) is 0. The Hall–Kier alpha value is -1.07. The first-order valence-corrected chi connectivity index (χ1v) is 7.14. The third kappa shape index (κ3) is 5.20. The van der Waals surface area contributed by atoms with Crippen LogP contribution in [0.5, 0.6) is 11.5 Å². The monoisotopic (exact) mass is 330 g/mol. The zero-order chi connectivity index (χ0) is 14.1. The Morgan fingerprint density at radius 3 is 2.58 bits per heavy atom. The first-order chi connectivity index (χ1) is 9.22. The minimum atomic E-state index is 0.518. The van der Waals surface area contributed by atoms with Crippen molar-refractivity contribution in [2.45, 2.75) is 20.3 Å². The Kier molecular flexibility index (Phi) is 7.52. The van der Waals surface area contributed by atoms with E-state index < -0.39 is 0 Å². The van der Waals surface area contributed by atoms with Crippen molar-refractivity contribution in [3.05, 3.63) is 22.2 Å². The molecular formula is C14H19BrO4. The van der Waals surface area contributed by atoms with Crippen LogP contribution in [-0.4, -0.2) is 32.7 Å². The van der Waals surface area contributed by atoms with Gasteiger partial charge in [0.1, 0.15) is 6.29 Å². The van der Waals surface area contributed by atoms with Gasteiger partial charge in [0, 0.05) is 25.2 Å². The molecule has 0 amide bonds. The Morgan fingerprint density at radius 1 is 1.16 bits per heavy atom. The van der Waals surface area contributed by atoms with Crippen LogP contribution >= 0.6 is 15.9 Å².